The Hall–Kier alpha value is -1.65. The average Bonchev–Trinajstić information content (AvgIpc) is 2.47. The van der Waals surface area contributed by atoms with E-state index in [1.165, 1.54) is 0 Å². The van der Waals surface area contributed by atoms with Crippen molar-refractivity contribution in [3.63, 3.8) is 0 Å². The molecule has 2 aromatic rings. The number of fused-ring (bicyclic) bond motifs is 1. The van der Waals surface area contributed by atoms with Crippen molar-refractivity contribution < 1.29 is 0 Å². The summed E-state index contributed by atoms with van der Waals surface area (Å²) in [5, 5.41) is 4.62. The highest BCUT2D eigenvalue weighted by Gasteiger charge is 2.12. The standard InChI is InChI=1S/C10H14N4O/c1-6(2)14-7(3)12-9-8(10(14)15)5-11-13(9)4/h5-6H,1-4H3. The molecule has 0 aliphatic heterocycles. The molecule has 0 aliphatic rings. The molecule has 2 aromatic heterocycles. The zero-order valence-electron chi connectivity index (χ0n) is 9.35. The van der Waals surface area contributed by atoms with Crippen LogP contribution in [0.2, 0.25) is 0 Å². The van der Waals surface area contributed by atoms with Crippen molar-refractivity contribution in [2.75, 3.05) is 0 Å². The number of aryl methyl sites for hydroxylation is 2. The maximum atomic E-state index is 12.1. The normalized spacial score (nSPS) is 11.5. The quantitative estimate of drug-likeness (QED) is 0.700. The molecule has 0 spiro atoms. The van der Waals surface area contributed by atoms with Gasteiger partial charge in [-0.3, -0.25) is 14.0 Å². The average molecular weight is 206 g/mol. The van der Waals surface area contributed by atoms with Crippen LogP contribution in [0.3, 0.4) is 0 Å². The lowest BCUT2D eigenvalue weighted by molar-refractivity contribution is 0.554. The molecule has 0 aromatic carbocycles. The number of hydrogen-bond acceptors (Lipinski definition) is 3. The lowest BCUT2D eigenvalue weighted by atomic mass is 10.3. The minimum Gasteiger partial charge on any atom is -0.294 e. The summed E-state index contributed by atoms with van der Waals surface area (Å²) < 4.78 is 3.30. The van der Waals surface area contributed by atoms with E-state index in [2.05, 4.69) is 10.1 Å². The van der Waals surface area contributed by atoms with Gasteiger partial charge in [0, 0.05) is 13.1 Å². The van der Waals surface area contributed by atoms with E-state index in [1.54, 1.807) is 22.5 Å². The van der Waals surface area contributed by atoms with E-state index in [-0.39, 0.29) is 11.6 Å². The van der Waals surface area contributed by atoms with Crippen LogP contribution in [0.25, 0.3) is 11.0 Å². The van der Waals surface area contributed by atoms with Gasteiger partial charge in [-0.25, -0.2) is 4.98 Å². The molecular formula is C10H14N4O. The topological polar surface area (TPSA) is 52.7 Å². The van der Waals surface area contributed by atoms with Crippen LogP contribution >= 0.6 is 0 Å². The zero-order valence-corrected chi connectivity index (χ0v) is 9.35. The van der Waals surface area contributed by atoms with Crippen LogP contribution in [-0.4, -0.2) is 19.3 Å². The molecule has 0 saturated heterocycles. The van der Waals surface area contributed by atoms with E-state index in [0.717, 1.165) is 5.82 Å². The molecule has 0 fully saturated rings. The van der Waals surface area contributed by atoms with Crippen molar-refractivity contribution >= 4 is 11.0 Å². The third-order valence-corrected chi connectivity index (χ3v) is 2.49. The van der Waals surface area contributed by atoms with Gasteiger partial charge in [0.25, 0.3) is 5.56 Å². The van der Waals surface area contributed by atoms with E-state index in [9.17, 15) is 4.79 Å². The molecule has 2 rings (SSSR count). The first-order valence-electron chi connectivity index (χ1n) is 4.93. The first-order valence-corrected chi connectivity index (χ1v) is 4.93. The van der Waals surface area contributed by atoms with Gasteiger partial charge in [0.1, 0.15) is 11.2 Å². The van der Waals surface area contributed by atoms with E-state index in [4.69, 9.17) is 0 Å². The van der Waals surface area contributed by atoms with Gasteiger partial charge in [-0.1, -0.05) is 0 Å². The molecule has 15 heavy (non-hydrogen) atoms. The highest BCUT2D eigenvalue weighted by atomic mass is 16.1. The molecule has 0 bridgehead atoms. The summed E-state index contributed by atoms with van der Waals surface area (Å²) in [6, 6.07) is 0.120. The molecule has 2 heterocycles. The van der Waals surface area contributed by atoms with Crippen molar-refractivity contribution in [2.45, 2.75) is 26.8 Å². The Kier molecular flexibility index (Phi) is 2.10. The second kappa shape index (κ2) is 3.18. The van der Waals surface area contributed by atoms with Crippen LogP contribution in [0, 0.1) is 6.92 Å². The predicted molar refractivity (Wildman–Crippen MR) is 57.9 cm³/mol. The van der Waals surface area contributed by atoms with Crippen LogP contribution in [0.5, 0.6) is 0 Å². The highest BCUT2D eigenvalue weighted by Crippen LogP contribution is 2.09. The molecule has 0 saturated carbocycles. The summed E-state index contributed by atoms with van der Waals surface area (Å²) in [5.74, 6) is 0.728. The molecule has 0 aliphatic carbocycles. The minimum absolute atomic E-state index is 0.0133. The van der Waals surface area contributed by atoms with Crippen molar-refractivity contribution in [1.29, 1.82) is 0 Å². The van der Waals surface area contributed by atoms with Gasteiger partial charge in [0.2, 0.25) is 0 Å². The summed E-state index contributed by atoms with van der Waals surface area (Å²) in [6.45, 7) is 5.78. The number of nitrogens with zero attached hydrogens (tertiary/aromatic N) is 4. The third kappa shape index (κ3) is 1.35. The van der Waals surface area contributed by atoms with Crippen molar-refractivity contribution in [2.24, 2.45) is 7.05 Å². The van der Waals surface area contributed by atoms with Gasteiger partial charge < -0.3 is 0 Å². The summed E-state index contributed by atoms with van der Waals surface area (Å²) >= 11 is 0. The molecule has 0 radical (unpaired) electrons. The number of rotatable bonds is 1. The smallest absolute Gasteiger partial charge is 0.264 e. The molecule has 0 amide bonds. The van der Waals surface area contributed by atoms with Crippen molar-refractivity contribution in [3.05, 3.63) is 22.4 Å². The Labute approximate surface area is 87.4 Å². The fourth-order valence-electron chi connectivity index (χ4n) is 1.81. The summed E-state index contributed by atoms with van der Waals surface area (Å²) in [7, 11) is 1.79. The lowest BCUT2D eigenvalue weighted by Crippen LogP contribution is -2.25. The maximum absolute atomic E-state index is 12.1. The van der Waals surface area contributed by atoms with Crippen LogP contribution in [0.4, 0.5) is 0 Å². The molecule has 0 atom stereocenters. The molecule has 5 nitrogen and oxygen atoms in total. The van der Waals surface area contributed by atoms with Crippen LogP contribution in [-0.2, 0) is 7.05 Å². The number of hydrogen-bond donors (Lipinski definition) is 0. The molecule has 80 valence electrons. The largest absolute Gasteiger partial charge is 0.294 e. The summed E-state index contributed by atoms with van der Waals surface area (Å²) in [5.41, 5.74) is 0.634. The summed E-state index contributed by atoms with van der Waals surface area (Å²) in [4.78, 5) is 16.5. The molecular weight excluding hydrogens is 192 g/mol. The van der Waals surface area contributed by atoms with Gasteiger partial charge in [0.05, 0.1) is 6.20 Å². The third-order valence-electron chi connectivity index (χ3n) is 2.49. The molecule has 0 N–H and O–H groups in total. The van der Waals surface area contributed by atoms with Gasteiger partial charge in [-0.15, -0.1) is 0 Å². The Balaban J connectivity index is 2.92. The van der Waals surface area contributed by atoms with E-state index >= 15 is 0 Å². The van der Waals surface area contributed by atoms with Crippen LogP contribution < -0.4 is 5.56 Å². The summed E-state index contributed by atoms with van der Waals surface area (Å²) in [6.07, 6.45) is 1.57. The fraction of sp³-hybridized carbons (Fsp3) is 0.500. The van der Waals surface area contributed by atoms with Crippen LogP contribution in [0.15, 0.2) is 11.0 Å². The van der Waals surface area contributed by atoms with E-state index in [1.807, 2.05) is 20.8 Å². The zero-order chi connectivity index (χ0) is 11.2. The Bertz CT molecular complexity index is 565. The Morgan fingerprint density at radius 3 is 2.67 bits per heavy atom. The van der Waals surface area contributed by atoms with Gasteiger partial charge in [0.15, 0.2) is 5.65 Å². The first-order chi connectivity index (χ1) is 7.02. The Morgan fingerprint density at radius 2 is 2.07 bits per heavy atom. The van der Waals surface area contributed by atoms with Gasteiger partial charge in [-0.05, 0) is 20.8 Å². The van der Waals surface area contributed by atoms with Gasteiger partial charge >= 0.3 is 0 Å². The predicted octanol–water partition coefficient (Wildman–Crippen LogP) is 1.02. The van der Waals surface area contributed by atoms with E-state index in [0.29, 0.717) is 11.0 Å². The second-order valence-electron chi connectivity index (χ2n) is 3.93. The first kappa shape index (κ1) is 9.89. The highest BCUT2D eigenvalue weighted by molar-refractivity contribution is 5.73. The fourth-order valence-corrected chi connectivity index (χ4v) is 1.81. The van der Waals surface area contributed by atoms with Crippen LogP contribution in [0.1, 0.15) is 25.7 Å². The second-order valence-corrected chi connectivity index (χ2v) is 3.93. The van der Waals surface area contributed by atoms with Crippen molar-refractivity contribution in [1.82, 2.24) is 19.3 Å². The minimum atomic E-state index is -0.0133. The van der Waals surface area contributed by atoms with Gasteiger partial charge in [-0.2, -0.15) is 5.10 Å². The molecule has 5 heteroatoms. The lowest BCUT2D eigenvalue weighted by Gasteiger charge is -2.12. The SMILES string of the molecule is Cc1nc2c(cnn2C)c(=O)n1C(C)C. The van der Waals surface area contributed by atoms with E-state index < -0.39 is 0 Å². The maximum Gasteiger partial charge on any atom is 0.264 e. The monoisotopic (exact) mass is 206 g/mol. The molecule has 0 unspecified atom stereocenters. The number of aromatic nitrogens is 4. The Morgan fingerprint density at radius 1 is 1.40 bits per heavy atom. The van der Waals surface area contributed by atoms with Crippen molar-refractivity contribution in [3.8, 4) is 0 Å².